The quantitative estimate of drug-likeness (QED) is 0.680. The molecule has 2 saturated carbocycles. The van der Waals surface area contributed by atoms with E-state index in [2.05, 4.69) is 20.8 Å². The third-order valence-electron chi connectivity index (χ3n) is 9.19. The van der Waals surface area contributed by atoms with Crippen LogP contribution >= 0.6 is 0 Å². The third-order valence-corrected chi connectivity index (χ3v) is 9.19. The van der Waals surface area contributed by atoms with Crippen LogP contribution in [0, 0.1) is 40.4 Å². The lowest BCUT2D eigenvalue weighted by Crippen LogP contribution is -2.74. The average Bonchev–Trinajstić information content (AvgIpc) is 2.69. The van der Waals surface area contributed by atoms with Crippen LogP contribution in [0.3, 0.4) is 0 Å². The van der Waals surface area contributed by atoms with Gasteiger partial charge in [-0.15, -0.1) is 0 Å². The lowest BCUT2D eigenvalue weighted by Gasteiger charge is -2.69. The Morgan fingerprint density at radius 1 is 1.16 bits per heavy atom. The minimum Gasteiger partial charge on any atom is -0.493 e. The molecule has 0 aromatic rings. The molecule has 7 nitrogen and oxygen atoms in total. The van der Waals surface area contributed by atoms with E-state index in [0.29, 0.717) is 18.6 Å². The molecule has 0 amide bonds. The number of aliphatic hydroxyl groups is 1. The summed E-state index contributed by atoms with van der Waals surface area (Å²) in [5.74, 6) is -0.283. The highest BCUT2D eigenvalue weighted by Crippen LogP contribution is 2.69. The summed E-state index contributed by atoms with van der Waals surface area (Å²) in [6.45, 7) is 9.75. The molecule has 1 saturated heterocycles. The predicted molar refractivity (Wildman–Crippen MR) is 112 cm³/mol. The van der Waals surface area contributed by atoms with Crippen molar-refractivity contribution < 1.29 is 33.6 Å². The molecule has 1 N–H and O–H groups in total. The van der Waals surface area contributed by atoms with Crippen molar-refractivity contribution in [2.24, 2.45) is 40.4 Å². The van der Waals surface area contributed by atoms with E-state index in [-0.39, 0.29) is 53.6 Å². The number of hydrogen-bond donors (Lipinski definition) is 1. The van der Waals surface area contributed by atoms with Crippen molar-refractivity contribution in [3.8, 4) is 0 Å². The van der Waals surface area contributed by atoms with Gasteiger partial charge in [-0.25, -0.2) is 0 Å². The zero-order valence-electron chi connectivity index (χ0n) is 19.6. The summed E-state index contributed by atoms with van der Waals surface area (Å²) in [6.07, 6.45) is 0.958. The van der Waals surface area contributed by atoms with Gasteiger partial charge in [0.25, 0.3) is 0 Å². The van der Waals surface area contributed by atoms with Crippen molar-refractivity contribution in [1.29, 1.82) is 0 Å². The standard InChI is InChI=1S/C24H36O7/c1-11-8-16(28-6)22(27)24(5)14(11)9-17-23(4)15(10-18(26)31-17)12(2)19(29-7)20(21(23)24)30-13(3)25/h8,11-12,14-15,17-21,26H,9-10H2,1-7H3/t11-,12-,14+,15+,17-,18+,19+,20-,21+,23-,24+/m1/s1. The summed E-state index contributed by atoms with van der Waals surface area (Å²) < 4.78 is 23.5. The summed E-state index contributed by atoms with van der Waals surface area (Å²) in [7, 11) is 3.16. The Kier molecular flexibility index (Phi) is 5.55. The normalized spacial score (nSPS) is 51.3. The molecular weight excluding hydrogens is 400 g/mol. The Hall–Kier alpha value is -1.44. The van der Waals surface area contributed by atoms with Crippen LogP contribution in [0.15, 0.2) is 11.8 Å². The molecular formula is C24H36O7. The summed E-state index contributed by atoms with van der Waals surface area (Å²) in [5, 5.41) is 10.6. The Labute approximate surface area is 184 Å². The molecule has 0 radical (unpaired) electrons. The van der Waals surface area contributed by atoms with Gasteiger partial charge in [0.05, 0.1) is 19.3 Å². The lowest BCUT2D eigenvalue weighted by molar-refractivity contribution is -0.327. The highest BCUT2D eigenvalue weighted by Gasteiger charge is 2.73. The minimum absolute atomic E-state index is 0.0188. The monoisotopic (exact) mass is 436 g/mol. The number of rotatable bonds is 3. The first-order valence-corrected chi connectivity index (χ1v) is 11.4. The van der Waals surface area contributed by atoms with Crippen LogP contribution in [0.5, 0.6) is 0 Å². The molecule has 0 aromatic heterocycles. The van der Waals surface area contributed by atoms with Crippen molar-refractivity contribution in [2.75, 3.05) is 14.2 Å². The number of carbonyl (C=O) groups is 2. The number of hydrogen-bond acceptors (Lipinski definition) is 7. The van der Waals surface area contributed by atoms with Gasteiger partial charge in [-0.05, 0) is 36.2 Å². The average molecular weight is 437 g/mol. The highest BCUT2D eigenvalue weighted by molar-refractivity contribution is 5.99. The van der Waals surface area contributed by atoms with Crippen LogP contribution < -0.4 is 0 Å². The van der Waals surface area contributed by atoms with E-state index in [1.54, 1.807) is 7.11 Å². The van der Waals surface area contributed by atoms with Crippen LogP contribution in [0.2, 0.25) is 0 Å². The molecule has 1 aliphatic heterocycles. The van der Waals surface area contributed by atoms with Crippen molar-refractivity contribution in [3.05, 3.63) is 11.8 Å². The van der Waals surface area contributed by atoms with E-state index >= 15 is 0 Å². The van der Waals surface area contributed by atoms with Gasteiger partial charge < -0.3 is 24.1 Å². The number of methoxy groups -OCH3 is 2. The zero-order valence-corrected chi connectivity index (χ0v) is 19.6. The van der Waals surface area contributed by atoms with Gasteiger partial charge in [0.2, 0.25) is 5.78 Å². The first-order chi connectivity index (χ1) is 14.5. The van der Waals surface area contributed by atoms with Crippen molar-refractivity contribution in [2.45, 2.75) is 72.1 Å². The highest BCUT2D eigenvalue weighted by atomic mass is 16.6. The maximum atomic E-state index is 13.9. The fourth-order valence-corrected chi connectivity index (χ4v) is 7.99. The number of allylic oxidation sites excluding steroid dienone is 2. The van der Waals surface area contributed by atoms with Crippen LogP contribution in [0.25, 0.3) is 0 Å². The van der Waals surface area contributed by atoms with Crippen LogP contribution in [0.1, 0.15) is 47.5 Å². The first kappa shape index (κ1) is 22.7. The van der Waals surface area contributed by atoms with Crippen molar-refractivity contribution in [1.82, 2.24) is 0 Å². The number of ketones is 1. The molecule has 31 heavy (non-hydrogen) atoms. The maximum absolute atomic E-state index is 13.9. The van der Waals surface area contributed by atoms with Crippen LogP contribution in [-0.4, -0.2) is 55.7 Å². The SMILES string of the molecule is COC1=C[C@@H](C)[C@@H]2C[C@H]3O[C@H](O)C[C@H]4[C@@H](C)[C@H](OC)[C@@H](OC(C)=O)[C@H]([C@@]2(C)C1=O)[C@@]34C. The molecule has 0 unspecified atom stereocenters. The van der Waals surface area contributed by atoms with E-state index in [1.165, 1.54) is 14.0 Å². The van der Waals surface area contributed by atoms with Gasteiger partial charge in [0.15, 0.2) is 12.0 Å². The second-order valence-electron chi connectivity index (χ2n) is 10.4. The number of esters is 1. The molecule has 0 aromatic carbocycles. The summed E-state index contributed by atoms with van der Waals surface area (Å²) in [6, 6.07) is 0. The second kappa shape index (κ2) is 7.56. The Balaban J connectivity index is 1.95. The fourth-order valence-electron chi connectivity index (χ4n) is 7.99. The van der Waals surface area contributed by atoms with Gasteiger partial charge in [-0.3, -0.25) is 9.59 Å². The van der Waals surface area contributed by atoms with Gasteiger partial charge in [0, 0.05) is 37.2 Å². The van der Waals surface area contributed by atoms with E-state index in [4.69, 9.17) is 18.9 Å². The first-order valence-electron chi connectivity index (χ1n) is 11.4. The van der Waals surface area contributed by atoms with Crippen LogP contribution in [0.4, 0.5) is 0 Å². The third kappa shape index (κ3) is 2.96. The van der Waals surface area contributed by atoms with Gasteiger partial charge in [-0.1, -0.05) is 27.7 Å². The van der Waals surface area contributed by atoms with Crippen molar-refractivity contribution >= 4 is 11.8 Å². The van der Waals surface area contributed by atoms with E-state index in [0.717, 1.165) is 0 Å². The number of fused-ring (bicyclic) bond motifs is 2. The number of carbonyl (C=O) groups excluding carboxylic acids is 2. The predicted octanol–water partition coefficient (Wildman–Crippen LogP) is 2.70. The van der Waals surface area contributed by atoms with Crippen LogP contribution in [-0.2, 0) is 28.5 Å². The zero-order chi connectivity index (χ0) is 22.9. The lowest BCUT2D eigenvalue weighted by atomic mass is 9.38. The molecule has 3 aliphatic carbocycles. The summed E-state index contributed by atoms with van der Waals surface area (Å²) in [5.41, 5.74) is -1.28. The fraction of sp³-hybridized carbons (Fsp3) is 0.833. The number of Topliss-reactive ketones (excluding diaryl/α,β-unsaturated/α-hetero) is 1. The number of aliphatic hydroxyl groups excluding tert-OH is 1. The van der Waals surface area contributed by atoms with E-state index < -0.39 is 23.2 Å². The molecule has 174 valence electrons. The van der Waals surface area contributed by atoms with Gasteiger partial charge >= 0.3 is 5.97 Å². The summed E-state index contributed by atoms with van der Waals surface area (Å²) in [4.78, 5) is 26.1. The molecule has 4 aliphatic rings. The number of ether oxygens (including phenoxy) is 4. The molecule has 0 bridgehead atoms. The molecule has 4 rings (SSSR count). The van der Waals surface area contributed by atoms with E-state index in [1.807, 2.05) is 13.0 Å². The van der Waals surface area contributed by atoms with Gasteiger partial charge in [-0.2, -0.15) is 0 Å². The Morgan fingerprint density at radius 2 is 1.84 bits per heavy atom. The second-order valence-corrected chi connectivity index (χ2v) is 10.4. The molecule has 1 heterocycles. The minimum atomic E-state index is -0.849. The molecule has 3 fully saturated rings. The Bertz CT molecular complexity index is 793. The molecule has 0 spiro atoms. The Morgan fingerprint density at radius 3 is 2.42 bits per heavy atom. The van der Waals surface area contributed by atoms with Crippen molar-refractivity contribution in [3.63, 3.8) is 0 Å². The van der Waals surface area contributed by atoms with E-state index in [9.17, 15) is 14.7 Å². The largest absolute Gasteiger partial charge is 0.493 e. The smallest absolute Gasteiger partial charge is 0.303 e. The van der Waals surface area contributed by atoms with Gasteiger partial charge in [0.1, 0.15) is 6.10 Å². The summed E-state index contributed by atoms with van der Waals surface area (Å²) >= 11 is 0. The molecule has 11 atom stereocenters. The topological polar surface area (TPSA) is 91.3 Å². The maximum Gasteiger partial charge on any atom is 0.303 e. The molecule has 7 heteroatoms.